The Labute approximate surface area is 159 Å². The van der Waals surface area contributed by atoms with Gasteiger partial charge in [-0.15, -0.1) is 0 Å². The van der Waals surface area contributed by atoms with Crippen LogP contribution in [0.25, 0.3) is 11.0 Å². The van der Waals surface area contributed by atoms with E-state index in [0.717, 1.165) is 41.2 Å². The lowest BCUT2D eigenvalue weighted by molar-refractivity contribution is 0.248. The lowest BCUT2D eigenvalue weighted by Gasteiger charge is -2.29. The Bertz CT molecular complexity index is 895. The predicted octanol–water partition coefficient (Wildman–Crippen LogP) is 5.31. The molecule has 3 aromatic rings. The zero-order valence-electron chi connectivity index (χ0n) is 15.6. The van der Waals surface area contributed by atoms with Crippen molar-refractivity contribution in [3.63, 3.8) is 0 Å². The topological polar surface area (TPSA) is 57.5 Å². The zero-order valence-corrected chi connectivity index (χ0v) is 15.6. The highest BCUT2D eigenvalue weighted by molar-refractivity contribution is 5.90. The molecule has 5 heteroatoms. The molecule has 27 heavy (non-hydrogen) atoms. The van der Waals surface area contributed by atoms with Crippen LogP contribution < -0.4 is 15.5 Å². The first-order valence-corrected chi connectivity index (χ1v) is 9.60. The summed E-state index contributed by atoms with van der Waals surface area (Å²) in [4.78, 5) is 14.8. The van der Waals surface area contributed by atoms with Crippen LogP contribution in [-0.4, -0.2) is 19.1 Å². The van der Waals surface area contributed by atoms with Crippen LogP contribution in [0.4, 0.5) is 16.2 Å². The van der Waals surface area contributed by atoms with E-state index in [2.05, 4.69) is 21.6 Å². The predicted molar refractivity (Wildman–Crippen MR) is 109 cm³/mol. The minimum Gasteiger partial charge on any atom is -0.459 e. The second-order valence-corrected chi connectivity index (χ2v) is 7.10. The van der Waals surface area contributed by atoms with Gasteiger partial charge in [-0.3, -0.25) is 0 Å². The van der Waals surface area contributed by atoms with Crippen LogP contribution >= 0.6 is 0 Å². The van der Waals surface area contributed by atoms with Gasteiger partial charge in [0, 0.05) is 29.9 Å². The van der Waals surface area contributed by atoms with Gasteiger partial charge in [0.2, 0.25) is 0 Å². The van der Waals surface area contributed by atoms with Gasteiger partial charge in [-0.2, -0.15) is 0 Å². The maximum absolute atomic E-state index is 12.4. The van der Waals surface area contributed by atoms with Gasteiger partial charge in [0.15, 0.2) is 0 Å². The van der Waals surface area contributed by atoms with Crippen molar-refractivity contribution < 1.29 is 9.21 Å². The number of furan rings is 1. The number of urea groups is 1. The average molecular weight is 363 g/mol. The number of anilines is 2. The molecule has 0 aliphatic carbocycles. The quantitative estimate of drug-likeness (QED) is 0.661. The molecule has 0 bridgehead atoms. The van der Waals surface area contributed by atoms with Crippen molar-refractivity contribution in [2.24, 2.45) is 0 Å². The Balaban J connectivity index is 1.40. The van der Waals surface area contributed by atoms with Gasteiger partial charge >= 0.3 is 6.03 Å². The summed E-state index contributed by atoms with van der Waals surface area (Å²) in [7, 11) is 0. The van der Waals surface area contributed by atoms with Crippen molar-refractivity contribution in [1.29, 1.82) is 0 Å². The number of hydrogen-bond donors (Lipinski definition) is 2. The van der Waals surface area contributed by atoms with Crippen molar-refractivity contribution in [2.75, 3.05) is 23.3 Å². The monoisotopic (exact) mass is 363 g/mol. The van der Waals surface area contributed by atoms with E-state index in [9.17, 15) is 4.79 Å². The zero-order chi connectivity index (χ0) is 18.6. The third kappa shape index (κ3) is 4.08. The number of nitrogens with one attached hydrogen (secondary N) is 2. The molecule has 2 heterocycles. The van der Waals surface area contributed by atoms with Gasteiger partial charge in [0.1, 0.15) is 11.3 Å². The standard InChI is InChI=1S/C22H25N3O2/c1-16(21-14-17-8-3-4-11-20(17)27-21)23-22(26)24-18-9-7-10-19(15-18)25-12-5-2-6-13-25/h3-4,7-11,14-16H,2,5-6,12-13H2,1H3,(H2,23,24,26). The molecule has 1 fully saturated rings. The molecule has 0 spiro atoms. The molecule has 1 atom stereocenters. The summed E-state index contributed by atoms with van der Waals surface area (Å²) in [6, 6.07) is 17.4. The molecule has 1 saturated heterocycles. The minimum absolute atomic E-state index is 0.220. The number of fused-ring (bicyclic) bond motifs is 1. The molecule has 1 aromatic heterocycles. The number of rotatable bonds is 4. The van der Waals surface area contributed by atoms with Crippen LogP contribution in [0, 0.1) is 0 Å². The highest BCUT2D eigenvalue weighted by Crippen LogP contribution is 2.25. The first-order chi connectivity index (χ1) is 13.2. The number of carbonyl (C=O) groups excluding carboxylic acids is 1. The molecule has 2 N–H and O–H groups in total. The Morgan fingerprint density at radius 1 is 1.04 bits per heavy atom. The Morgan fingerprint density at radius 3 is 2.67 bits per heavy atom. The molecular formula is C22H25N3O2. The van der Waals surface area contributed by atoms with Gasteiger partial charge < -0.3 is 20.0 Å². The lowest BCUT2D eigenvalue weighted by Crippen LogP contribution is -2.31. The van der Waals surface area contributed by atoms with Crippen LogP contribution in [0.1, 0.15) is 38.0 Å². The van der Waals surface area contributed by atoms with Crippen LogP contribution in [0.2, 0.25) is 0 Å². The van der Waals surface area contributed by atoms with Gasteiger partial charge in [-0.1, -0.05) is 24.3 Å². The number of carbonyl (C=O) groups is 1. The van der Waals surface area contributed by atoms with Crippen molar-refractivity contribution in [2.45, 2.75) is 32.2 Å². The number of amides is 2. The fourth-order valence-corrected chi connectivity index (χ4v) is 3.58. The third-order valence-corrected chi connectivity index (χ3v) is 5.04. The van der Waals surface area contributed by atoms with Crippen LogP contribution in [0.5, 0.6) is 0 Å². The second-order valence-electron chi connectivity index (χ2n) is 7.10. The maximum atomic E-state index is 12.4. The first kappa shape index (κ1) is 17.5. The summed E-state index contributed by atoms with van der Waals surface area (Å²) in [5.41, 5.74) is 2.79. The van der Waals surface area contributed by atoms with E-state index in [-0.39, 0.29) is 12.1 Å². The lowest BCUT2D eigenvalue weighted by atomic mass is 10.1. The van der Waals surface area contributed by atoms with Gasteiger partial charge in [0.05, 0.1) is 6.04 Å². The van der Waals surface area contributed by atoms with E-state index < -0.39 is 0 Å². The molecule has 1 unspecified atom stereocenters. The normalized spacial score (nSPS) is 15.5. The molecule has 1 aliphatic rings. The fourth-order valence-electron chi connectivity index (χ4n) is 3.58. The summed E-state index contributed by atoms with van der Waals surface area (Å²) in [6.45, 7) is 4.08. The van der Waals surface area contributed by atoms with Crippen molar-refractivity contribution in [3.05, 3.63) is 60.4 Å². The number of para-hydroxylation sites is 1. The molecule has 2 amide bonds. The van der Waals surface area contributed by atoms with E-state index in [1.54, 1.807) is 0 Å². The molecule has 0 radical (unpaired) electrons. The largest absolute Gasteiger partial charge is 0.459 e. The number of nitrogens with zero attached hydrogens (tertiary/aromatic N) is 1. The van der Waals surface area contributed by atoms with Crippen molar-refractivity contribution >= 4 is 28.4 Å². The molecule has 5 nitrogen and oxygen atoms in total. The molecule has 2 aromatic carbocycles. The Hall–Kier alpha value is -2.95. The highest BCUT2D eigenvalue weighted by Gasteiger charge is 2.15. The Kier molecular flexibility index (Phi) is 5.01. The smallest absolute Gasteiger partial charge is 0.319 e. The summed E-state index contributed by atoms with van der Waals surface area (Å²) >= 11 is 0. The molecule has 4 rings (SSSR count). The summed E-state index contributed by atoms with van der Waals surface area (Å²) in [5.74, 6) is 0.744. The molecule has 140 valence electrons. The summed E-state index contributed by atoms with van der Waals surface area (Å²) in [5, 5.41) is 6.92. The third-order valence-electron chi connectivity index (χ3n) is 5.04. The number of piperidine rings is 1. The minimum atomic E-state index is -0.237. The van der Waals surface area contributed by atoms with Gasteiger partial charge in [0.25, 0.3) is 0 Å². The van der Waals surface area contributed by atoms with E-state index in [0.29, 0.717) is 0 Å². The molecular weight excluding hydrogens is 338 g/mol. The Morgan fingerprint density at radius 2 is 1.85 bits per heavy atom. The highest BCUT2D eigenvalue weighted by atomic mass is 16.3. The summed E-state index contributed by atoms with van der Waals surface area (Å²) < 4.78 is 5.83. The number of hydrogen-bond acceptors (Lipinski definition) is 3. The average Bonchev–Trinajstić information content (AvgIpc) is 3.13. The van der Waals surface area contributed by atoms with E-state index >= 15 is 0 Å². The van der Waals surface area contributed by atoms with Crippen molar-refractivity contribution in [3.8, 4) is 0 Å². The van der Waals surface area contributed by atoms with E-state index in [1.807, 2.05) is 55.5 Å². The number of benzene rings is 2. The summed E-state index contributed by atoms with van der Waals surface area (Å²) in [6.07, 6.45) is 3.76. The van der Waals surface area contributed by atoms with Crippen LogP contribution in [0.15, 0.2) is 59.0 Å². The van der Waals surface area contributed by atoms with Crippen molar-refractivity contribution in [1.82, 2.24) is 5.32 Å². The molecule has 1 aliphatic heterocycles. The van der Waals surface area contributed by atoms with Crippen LogP contribution in [-0.2, 0) is 0 Å². The fraction of sp³-hybridized carbons (Fsp3) is 0.318. The first-order valence-electron chi connectivity index (χ1n) is 9.60. The van der Waals surface area contributed by atoms with Gasteiger partial charge in [-0.05, 0) is 56.5 Å². The van der Waals surface area contributed by atoms with E-state index in [4.69, 9.17) is 4.42 Å². The van der Waals surface area contributed by atoms with Gasteiger partial charge in [-0.25, -0.2) is 4.79 Å². The SMILES string of the molecule is CC(NC(=O)Nc1cccc(N2CCCCC2)c1)c1cc2ccccc2o1. The van der Waals surface area contributed by atoms with E-state index in [1.165, 1.54) is 19.3 Å². The molecule has 0 saturated carbocycles. The van der Waals surface area contributed by atoms with Crippen LogP contribution in [0.3, 0.4) is 0 Å². The maximum Gasteiger partial charge on any atom is 0.319 e. The second kappa shape index (κ2) is 7.74.